The van der Waals surface area contributed by atoms with E-state index in [9.17, 15) is 29.4 Å². The molecule has 0 unspecified atom stereocenters. The highest BCUT2D eigenvalue weighted by Crippen LogP contribution is 2.35. The van der Waals surface area contributed by atoms with Gasteiger partial charge in [0.2, 0.25) is 12.4 Å². The average molecular weight is 561 g/mol. The van der Waals surface area contributed by atoms with Crippen LogP contribution in [0.4, 0.5) is 0 Å². The van der Waals surface area contributed by atoms with E-state index < -0.39 is 61.0 Å². The Labute approximate surface area is 230 Å². The normalized spacial score (nSPS) is 22.1. The first-order chi connectivity index (χ1) is 19.0. The number of aliphatic hydroxyl groups is 2. The molecule has 0 amide bonds. The Morgan fingerprint density at radius 3 is 2.08 bits per heavy atom. The van der Waals surface area contributed by atoms with Gasteiger partial charge < -0.3 is 38.6 Å². The van der Waals surface area contributed by atoms with Gasteiger partial charge in [0.25, 0.3) is 0 Å². The molecule has 2 aromatic rings. The van der Waals surface area contributed by atoms with Crippen molar-refractivity contribution in [2.45, 2.75) is 64.3 Å². The summed E-state index contributed by atoms with van der Waals surface area (Å²) in [7, 11) is 1.55. The smallest absolute Gasteiger partial charge is 0.308 e. The molecule has 1 saturated heterocycles. The van der Waals surface area contributed by atoms with Crippen LogP contribution in [0.3, 0.4) is 0 Å². The SMILES string of the molecule is COc1ccc(CCC(=O)c2c(OC(C)=O)cccc2O[C@@H]2O[C@H](CO)[C@@H](O)[C@H](OC(C)=O)[C@H]2OC(C)=O)cc1. The first-order valence-corrected chi connectivity index (χ1v) is 12.5. The number of hydrogen-bond acceptors (Lipinski definition) is 12. The highest BCUT2D eigenvalue weighted by Gasteiger charge is 2.50. The molecule has 3 rings (SSSR count). The molecule has 1 heterocycles. The average Bonchev–Trinajstić information content (AvgIpc) is 2.90. The summed E-state index contributed by atoms with van der Waals surface area (Å²) in [6.45, 7) is 2.69. The van der Waals surface area contributed by atoms with Crippen molar-refractivity contribution in [2.75, 3.05) is 13.7 Å². The van der Waals surface area contributed by atoms with Crippen LogP contribution in [0.25, 0.3) is 0 Å². The molecule has 216 valence electrons. The van der Waals surface area contributed by atoms with E-state index in [1.807, 2.05) is 12.1 Å². The summed E-state index contributed by atoms with van der Waals surface area (Å²) in [6, 6.07) is 11.5. The Kier molecular flexibility index (Phi) is 10.6. The molecule has 1 aliphatic heterocycles. The molecule has 0 aromatic heterocycles. The molecule has 1 aliphatic rings. The summed E-state index contributed by atoms with van der Waals surface area (Å²) < 4.78 is 32.5. The molecule has 1 fully saturated rings. The first-order valence-electron chi connectivity index (χ1n) is 12.5. The van der Waals surface area contributed by atoms with E-state index in [-0.39, 0.29) is 23.5 Å². The fourth-order valence-corrected chi connectivity index (χ4v) is 4.20. The van der Waals surface area contributed by atoms with Gasteiger partial charge in [0.15, 0.2) is 11.9 Å². The third-order valence-electron chi connectivity index (χ3n) is 5.97. The Balaban J connectivity index is 1.96. The second-order valence-corrected chi connectivity index (χ2v) is 8.98. The van der Waals surface area contributed by atoms with Crippen molar-refractivity contribution in [1.82, 2.24) is 0 Å². The molecular formula is C28H32O12. The van der Waals surface area contributed by atoms with Crippen LogP contribution >= 0.6 is 0 Å². The van der Waals surface area contributed by atoms with Crippen LogP contribution < -0.4 is 14.2 Å². The van der Waals surface area contributed by atoms with Gasteiger partial charge in [-0.05, 0) is 36.2 Å². The number of benzene rings is 2. The number of carbonyl (C=O) groups excluding carboxylic acids is 4. The van der Waals surface area contributed by atoms with Gasteiger partial charge in [-0.15, -0.1) is 0 Å². The van der Waals surface area contributed by atoms with E-state index in [0.717, 1.165) is 19.4 Å². The lowest BCUT2D eigenvalue weighted by Crippen LogP contribution is -2.62. The zero-order valence-corrected chi connectivity index (χ0v) is 22.5. The highest BCUT2D eigenvalue weighted by molar-refractivity contribution is 6.02. The van der Waals surface area contributed by atoms with E-state index in [4.69, 9.17) is 28.4 Å². The van der Waals surface area contributed by atoms with Crippen LogP contribution in [-0.4, -0.2) is 78.3 Å². The number of rotatable bonds is 11. The molecule has 0 spiro atoms. The second-order valence-electron chi connectivity index (χ2n) is 8.98. The van der Waals surface area contributed by atoms with Crippen molar-refractivity contribution in [3.05, 3.63) is 53.6 Å². The Morgan fingerprint density at radius 2 is 1.50 bits per heavy atom. The van der Waals surface area contributed by atoms with Crippen LogP contribution in [0.15, 0.2) is 42.5 Å². The van der Waals surface area contributed by atoms with Crippen molar-refractivity contribution in [2.24, 2.45) is 0 Å². The Morgan fingerprint density at radius 1 is 0.875 bits per heavy atom. The number of methoxy groups -OCH3 is 1. The van der Waals surface area contributed by atoms with Crippen LogP contribution in [0.2, 0.25) is 0 Å². The van der Waals surface area contributed by atoms with Crippen LogP contribution in [0.1, 0.15) is 43.1 Å². The van der Waals surface area contributed by atoms with Gasteiger partial charge in [-0.3, -0.25) is 19.2 Å². The minimum absolute atomic E-state index is 0.00785. The maximum absolute atomic E-state index is 13.5. The Hall–Kier alpha value is -4.00. The molecule has 5 atom stereocenters. The second kappa shape index (κ2) is 13.9. The molecule has 0 saturated carbocycles. The van der Waals surface area contributed by atoms with Crippen molar-refractivity contribution in [3.8, 4) is 17.2 Å². The van der Waals surface area contributed by atoms with Crippen LogP contribution in [0, 0.1) is 0 Å². The molecule has 0 aliphatic carbocycles. The number of esters is 3. The van der Waals surface area contributed by atoms with Gasteiger partial charge in [-0.1, -0.05) is 18.2 Å². The number of hydrogen-bond donors (Lipinski definition) is 2. The number of Topliss-reactive ketones (excluding diaryl/α,β-unsaturated/α-hetero) is 1. The standard InChI is InChI=1S/C28H32O12/c1-15(30)36-21-6-5-7-22(24(21)20(33)13-10-18-8-11-19(35-4)12-9-18)39-28-27(38-17(3)32)26(37-16(2)31)25(34)23(14-29)40-28/h5-9,11-12,23,25-29,34H,10,13-14H2,1-4H3/t23-,25-,26+,27-,28-/m1/s1. The Bertz CT molecular complexity index is 1210. The molecular weight excluding hydrogens is 528 g/mol. The summed E-state index contributed by atoms with van der Waals surface area (Å²) in [5.41, 5.74) is 0.781. The van der Waals surface area contributed by atoms with E-state index in [1.54, 1.807) is 19.2 Å². The summed E-state index contributed by atoms with van der Waals surface area (Å²) in [5.74, 6) is -2.18. The van der Waals surface area contributed by atoms with Crippen molar-refractivity contribution >= 4 is 23.7 Å². The lowest BCUT2D eigenvalue weighted by Gasteiger charge is -2.42. The van der Waals surface area contributed by atoms with Gasteiger partial charge in [0, 0.05) is 27.2 Å². The summed E-state index contributed by atoms with van der Waals surface area (Å²) in [6.07, 6.45) is -6.95. The lowest BCUT2D eigenvalue weighted by atomic mass is 9.98. The maximum atomic E-state index is 13.5. The van der Waals surface area contributed by atoms with E-state index in [1.165, 1.54) is 25.1 Å². The van der Waals surface area contributed by atoms with Crippen molar-refractivity contribution in [1.29, 1.82) is 0 Å². The predicted molar refractivity (Wildman–Crippen MR) is 137 cm³/mol. The monoisotopic (exact) mass is 560 g/mol. The molecule has 2 N–H and O–H groups in total. The van der Waals surface area contributed by atoms with E-state index >= 15 is 0 Å². The largest absolute Gasteiger partial charge is 0.497 e. The van der Waals surface area contributed by atoms with Gasteiger partial charge in [0.1, 0.15) is 35.0 Å². The van der Waals surface area contributed by atoms with Gasteiger partial charge in [-0.25, -0.2) is 0 Å². The van der Waals surface area contributed by atoms with Crippen molar-refractivity contribution < 1.29 is 57.8 Å². The molecule has 12 heteroatoms. The molecule has 0 radical (unpaired) electrons. The molecule has 12 nitrogen and oxygen atoms in total. The maximum Gasteiger partial charge on any atom is 0.308 e. The third kappa shape index (κ3) is 7.78. The van der Waals surface area contributed by atoms with Crippen molar-refractivity contribution in [3.63, 3.8) is 0 Å². The third-order valence-corrected chi connectivity index (χ3v) is 5.97. The quantitative estimate of drug-likeness (QED) is 0.233. The number of ketones is 1. The van der Waals surface area contributed by atoms with Gasteiger partial charge >= 0.3 is 17.9 Å². The molecule has 2 aromatic carbocycles. The van der Waals surface area contributed by atoms with E-state index in [2.05, 4.69) is 0 Å². The number of aryl methyl sites for hydroxylation is 1. The van der Waals surface area contributed by atoms with E-state index in [0.29, 0.717) is 12.2 Å². The number of ether oxygens (including phenoxy) is 6. The molecule has 0 bridgehead atoms. The first kappa shape index (κ1) is 30.5. The number of carbonyl (C=O) groups is 4. The number of aliphatic hydroxyl groups excluding tert-OH is 2. The lowest BCUT2D eigenvalue weighted by molar-refractivity contribution is -0.285. The minimum Gasteiger partial charge on any atom is -0.497 e. The summed E-state index contributed by atoms with van der Waals surface area (Å²) in [5, 5.41) is 20.4. The summed E-state index contributed by atoms with van der Waals surface area (Å²) in [4.78, 5) is 48.9. The molecule has 40 heavy (non-hydrogen) atoms. The minimum atomic E-state index is -1.56. The van der Waals surface area contributed by atoms with Crippen LogP contribution in [0.5, 0.6) is 17.2 Å². The van der Waals surface area contributed by atoms with Gasteiger partial charge in [-0.2, -0.15) is 0 Å². The fraction of sp³-hybridized carbons (Fsp3) is 0.429. The zero-order chi connectivity index (χ0) is 29.4. The zero-order valence-electron chi connectivity index (χ0n) is 22.5. The predicted octanol–water partition coefficient (Wildman–Crippen LogP) is 1.76. The summed E-state index contributed by atoms with van der Waals surface area (Å²) >= 11 is 0. The fourth-order valence-electron chi connectivity index (χ4n) is 4.20. The highest BCUT2D eigenvalue weighted by atomic mass is 16.7. The topological polar surface area (TPSA) is 164 Å². The van der Waals surface area contributed by atoms with Gasteiger partial charge in [0.05, 0.1) is 13.7 Å². The van der Waals surface area contributed by atoms with Crippen LogP contribution in [-0.2, 0) is 35.0 Å².